The van der Waals surface area contributed by atoms with Gasteiger partial charge in [0.25, 0.3) is 5.91 Å². The van der Waals surface area contributed by atoms with Crippen LogP contribution in [0.1, 0.15) is 23.3 Å². The second kappa shape index (κ2) is 7.16. The molecule has 0 aromatic carbocycles. The van der Waals surface area contributed by atoms with E-state index < -0.39 is 0 Å². The van der Waals surface area contributed by atoms with Crippen molar-refractivity contribution in [3.05, 3.63) is 28.6 Å². The highest BCUT2D eigenvalue weighted by atomic mass is 79.9. The Kier molecular flexibility index (Phi) is 4.98. The van der Waals surface area contributed by atoms with Gasteiger partial charge in [-0.25, -0.2) is 4.98 Å². The van der Waals surface area contributed by atoms with Gasteiger partial charge in [-0.15, -0.1) is 0 Å². The van der Waals surface area contributed by atoms with Crippen molar-refractivity contribution in [3.8, 4) is 5.88 Å². The lowest BCUT2D eigenvalue weighted by atomic mass is 10.1. The van der Waals surface area contributed by atoms with Crippen LogP contribution in [-0.4, -0.2) is 51.9 Å². The van der Waals surface area contributed by atoms with Crippen LogP contribution in [0.25, 0.3) is 0 Å². The summed E-state index contributed by atoms with van der Waals surface area (Å²) in [7, 11) is 3.34. The van der Waals surface area contributed by atoms with Crippen molar-refractivity contribution in [2.24, 2.45) is 7.05 Å². The highest BCUT2D eigenvalue weighted by Gasteiger charge is 2.24. The van der Waals surface area contributed by atoms with Crippen LogP contribution in [0.15, 0.2) is 22.9 Å². The standard InChI is InChI=1S/C15H19BrN6O2/c1-21-12(3-6-18-21)13(23)19-10-4-7-22(8-5-10)15-17-9-11(16)14(20-15)24-2/h3,6,9-10H,4-5,7-8H2,1-2H3,(H,19,23). The fourth-order valence-electron chi connectivity index (χ4n) is 2.72. The Hall–Kier alpha value is -2.16. The van der Waals surface area contributed by atoms with Gasteiger partial charge in [-0.1, -0.05) is 0 Å². The largest absolute Gasteiger partial charge is 0.480 e. The van der Waals surface area contributed by atoms with Gasteiger partial charge in [0.05, 0.1) is 17.8 Å². The van der Waals surface area contributed by atoms with Crippen LogP contribution < -0.4 is 15.0 Å². The second-order valence-electron chi connectivity index (χ2n) is 5.60. The molecule has 24 heavy (non-hydrogen) atoms. The molecule has 0 bridgehead atoms. The third-order valence-electron chi connectivity index (χ3n) is 4.06. The van der Waals surface area contributed by atoms with Gasteiger partial charge in [-0.05, 0) is 34.8 Å². The Morgan fingerprint density at radius 3 is 2.79 bits per heavy atom. The summed E-state index contributed by atoms with van der Waals surface area (Å²) in [6.45, 7) is 1.56. The first-order valence-corrected chi connectivity index (χ1v) is 8.48. The van der Waals surface area contributed by atoms with Crippen molar-refractivity contribution in [2.75, 3.05) is 25.1 Å². The molecule has 0 saturated carbocycles. The van der Waals surface area contributed by atoms with E-state index in [1.165, 1.54) is 0 Å². The number of carbonyl (C=O) groups excluding carboxylic acids is 1. The zero-order valence-corrected chi connectivity index (χ0v) is 15.2. The number of aryl methyl sites for hydroxylation is 1. The first-order valence-electron chi connectivity index (χ1n) is 7.69. The lowest BCUT2D eigenvalue weighted by Crippen LogP contribution is -2.45. The maximum absolute atomic E-state index is 12.2. The van der Waals surface area contributed by atoms with Crippen molar-refractivity contribution >= 4 is 27.8 Å². The van der Waals surface area contributed by atoms with Gasteiger partial charge in [-0.2, -0.15) is 10.1 Å². The zero-order valence-electron chi connectivity index (χ0n) is 13.6. The van der Waals surface area contributed by atoms with E-state index in [2.05, 4.69) is 41.2 Å². The summed E-state index contributed by atoms with van der Waals surface area (Å²) in [6, 6.07) is 1.85. The number of carbonyl (C=O) groups is 1. The average molecular weight is 395 g/mol. The summed E-state index contributed by atoms with van der Waals surface area (Å²) in [6.07, 6.45) is 4.99. The van der Waals surface area contributed by atoms with E-state index in [-0.39, 0.29) is 11.9 Å². The molecule has 1 aliphatic rings. The molecule has 0 spiro atoms. The van der Waals surface area contributed by atoms with E-state index in [0.717, 1.165) is 30.4 Å². The molecule has 0 radical (unpaired) electrons. The van der Waals surface area contributed by atoms with Gasteiger partial charge in [0, 0.05) is 32.4 Å². The molecule has 1 N–H and O–H groups in total. The van der Waals surface area contributed by atoms with E-state index in [1.807, 2.05) is 0 Å². The minimum Gasteiger partial charge on any atom is -0.480 e. The van der Waals surface area contributed by atoms with Gasteiger partial charge in [0.15, 0.2) is 0 Å². The predicted molar refractivity (Wildman–Crippen MR) is 92.2 cm³/mol. The number of nitrogens with zero attached hydrogens (tertiary/aromatic N) is 5. The Labute approximate surface area is 148 Å². The van der Waals surface area contributed by atoms with Crippen molar-refractivity contribution < 1.29 is 9.53 Å². The number of rotatable bonds is 4. The minimum atomic E-state index is -0.0880. The van der Waals surface area contributed by atoms with Crippen LogP contribution in [-0.2, 0) is 7.05 Å². The molecule has 2 aromatic rings. The van der Waals surface area contributed by atoms with Crippen molar-refractivity contribution in [1.82, 2.24) is 25.1 Å². The highest BCUT2D eigenvalue weighted by molar-refractivity contribution is 9.10. The minimum absolute atomic E-state index is 0.0880. The normalized spacial score (nSPS) is 15.4. The topological polar surface area (TPSA) is 85.2 Å². The van der Waals surface area contributed by atoms with Crippen LogP contribution in [0.3, 0.4) is 0 Å². The molecule has 1 aliphatic heterocycles. The quantitative estimate of drug-likeness (QED) is 0.842. The number of methoxy groups -OCH3 is 1. The van der Waals surface area contributed by atoms with E-state index in [4.69, 9.17) is 4.74 Å². The molecule has 3 heterocycles. The van der Waals surface area contributed by atoms with Crippen LogP contribution >= 0.6 is 15.9 Å². The summed E-state index contributed by atoms with van der Waals surface area (Å²) >= 11 is 3.35. The monoisotopic (exact) mass is 394 g/mol. The molecule has 0 atom stereocenters. The smallest absolute Gasteiger partial charge is 0.269 e. The number of nitrogens with one attached hydrogen (secondary N) is 1. The van der Waals surface area contributed by atoms with Crippen molar-refractivity contribution in [1.29, 1.82) is 0 Å². The third-order valence-corrected chi connectivity index (χ3v) is 4.60. The summed E-state index contributed by atoms with van der Waals surface area (Å²) in [5.41, 5.74) is 0.568. The maximum Gasteiger partial charge on any atom is 0.269 e. The number of hydrogen-bond donors (Lipinski definition) is 1. The molecule has 8 nitrogen and oxygen atoms in total. The number of aromatic nitrogens is 4. The van der Waals surface area contributed by atoms with E-state index in [0.29, 0.717) is 17.5 Å². The lowest BCUT2D eigenvalue weighted by molar-refractivity contribution is 0.0921. The molecule has 128 valence electrons. The summed E-state index contributed by atoms with van der Waals surface area (Å²) in [4.78, 5) is 23.1. The molecule has 9 heteroatoms. The molecule has 2 aromatic heterocycles. The van der Waals surface area contributed by atoms with Gasteiger partial charge >= 0.3 is 0 Å². The van der Waals surface area contributed by atoms with Crippen LogP contribution in [0, 0.1) is 0 Å². The SMILES string of the molecule is COc1nc(N2CCC(NC(=O)c3ccnn3C)CC2)ncc1Br. The molecule has 0 aliphatic carbocycles. The number of amides is 1. The van der Waals surface area contributed by atoms with Gasteiger partial charge in [0.1, 0.15) is 5.69 Å². The molecular formula is C15H19BrN6O2. The maximum atomic E-state index is 12.2. The summed E-state index contributed by atoms with van der Waals surface area (Å²) in [5.74, 6) is 1.08. The summed E-state index contributed by atoms with van der Waals surface area (Å²) < 4.78 is 7.52. The fourth-order valence-corrected chi connectivity index (χ4v) is 3.07. The number of piperidine rings is 1. The Bertz CT molecular complexity index is 727. The van der Waals surface area contributed by atoms with Crippen molar-refractivity contribution in [3.63, 3.8) is 0 Å². The number of halogens is 1. The molecular weight excluding hydrogens is 376 g/mol. The van der Waals surface area contributed by atoms with Crippen LogP contribution in [0.5, 0.6) is 5.88 Å². The summed E-state index contributed by atoms with van der Waals surface area (Å²) in [5, 5.41) is 7.09. The molecule has 1 saturated heterocycles. The number of ether oxygens (including phenoxy) is 1. The predicted octanol–water partition coefficient (Wildman–Crippen LogP) is 1.38. The molecule has 1 amide bonds. The number of anilines is 1. The van der Waals surface area contributed by atoms with Crippen LogP contribution in [0.2, 0.25) is 0 Å². The van der Waals surface area contributed by atoms with Gasteiger partial charge in [-0.3, -0.25) is 9.48 Å². The Morgan fingerprint density at radius 1 is 1.42 bits per heavy atom. The highest BCUT2D eigenvalue weighted by Crippen LogP contribution is 2.25. The molecule has 3 rings (SSSR count). The Balaban J connectivity index is 1.58. The fraction of sp³-hybridized carbons (Fsp3) is 0.467. The first kappa shape index (κ1) is 16.7. The second-order valence-corrected chi connectivity index (χ2v) is 6.46. The molecule has 0 unspecified atom stereocenters. The average Bonchev–Trinajstić information content (AvgIpc) is 3.02. The number of hydrogen-bond acceptors (Lipinski definition) is 6. The first-order chi connectivity index (χ1) is 11.6. The van der Waals surface area contributed by atoms with E-state index in [1.54, 1.807) is 37.3 Å². The molecule has 1 fully saturated rings. The van der Waals surface area contributed by atoms with E-state index in [9.17, 15) is 4.79 Å². The Morgan fingerprint density at radius 2 is 2.17 bits per heavy atom. The van der Waals surface area contributed by atoms with Crippen molar-refractivity contribution in [2.45, 2.75) is 18.9 Å². The van der Waals surface area contributed by atoms with Gasteiger partial charge in [0.2, 0.25) is 11.8 Å². The zero-order chi connectivity index (χ0) is 17.1. The third kappa shape index (κ3) is 3.50. The lowest BCUT2D eigenvalue weighted by Gasteiger charge is -2.32. The van der Waals surface area contributed by atoms with Crippen LogP contribution in [0.4, 0.5) is 5.95 Å². The van der Waals surface area contributed by atoms with Gasteiger partial charge < -0.3 is 15.0 Å². The van der Waals surface area contributed by atoms with E-state index >= 15 is 0 Å².